The molecule has 0 bridgehead atoms. The van der Waals surface area contributed by atoms with Crippen LogP contribution in [-0.4, -0.2) is 23.7 Å². The van der Waals surface area contributed by atoms with E-state index in [0.29, 0.717) is 5.69 Å². The summed E-state index contributed by atoms with van der Waals surface area (Å²) in [6, 6.07) is 0. The van der Waals surface area contributed by atoms with Crippen molar-refractivity contribution in [2.45, 2.75) is 25.3 Å². The van der Waals surface area contributed by atoms with Crippen molar-refractivity contribution in [2.75, 3.05) is 24.3 Å². The molecule has 0 spiro atoms. The van der Waals surface area contributed by atoms with Crippen molar-refractivity contribution in [1.29, 1.82) is 0 Å². The van der Waals surface area contributed by atoms with E-state index in [-0.39, 0.29) is 5.54 Å². The topological polar surface area (TPSA) is 60.2 Å². The summed E-state index contributed by atoms with van der Waals surface area (Å²) in [6.45, 7) is 3.79. The fraction of sp³-hybridized carbons (Fsp3) is 0.545. The highest BCUT2D eigenvalue weighted by atomic mass is 79.9. The van der Waals surface area contributed by atoms with Gasteiger partial charge in [-0.25, -0.2) is 0 Å². The summed E-state index contributed by atoms with van der Waals surface area (Å²) in [4.78, 5) is 4.02. The Labute approximate surface area is 104 Å². The van der Waals surface area contributed by atoms with E-state index in [9.17, 15) is 0 Å². The standard InChI is InChI=1S/C11H16BrN3O/c1-11(2-4-16-5-3-11)15-10-8(12)6-14-7-9(10)13/h6-7H,2-5,13H2,1H3,(H,14,15). The lowest BCUT2D eigenvalue weighted by Crippen LogP contribution is -2.40. The minimum Gasteiger partial charge on any atom is -0.396 e. The second-order valence-electron chi connectivity index (χ2n) is 4.38. The molecular formula is C11H16BrN3O. The van der Waals surface area contributed by atoms with Gasteiger partial charge in [0, 0.05) is 24.9 Å². The Morgan fingerprint density at radius 1 is 1.44 bits per heavy atom. The lowest BCUT2D eigenvalue weighted by molar-refractivity contribution is 0.0658. The highest BCUT2D eigenvalue weighted by molar-refractivity contribution is 9.10. The molecule has 88 valence electrons. The minimum absolute atomic E-state index is 0.0518. The molecule has 1 fully saturated rings. The van der Waals surface area contributed by atoms with E-state index < -0.39 is 0 Å². The average molecular weight is 286 g/mol. The van der Waals surface area contributed by atoms with Crippen LogP contribution in [0.3, 0.4) is 0 Å². The zero-order chi connectivity index (χ0) is 11.6. The number of nitrogens with zero attached hydrogens (tertiary/aromatic N) is 1. The van der Waals surface area contributed by atoms with Crippen molar-refractivity contribution in [1.82, 2.24) is 4.98 Å². The summed E-state index contributed by atoms with van der Waals surface area (Å²) in [6.07, 6.45) is 5.39. The fourth-order valence-electron chi connectivity index (χ4n) is 1.83. The Kier molecular flexibility index (Phi) is 3.35. The Bertz CT molecular complexity index is 357. The van der Waals surface area contributed by atoms with E-state index in [1.165, 1.54) is 0 Å². The van der Waals surface area contributed by atoms with Crippen LogP contribution in [-0.2, 0) is 4.74 Å². The van der Waals surface area contributed by atoms with E-state index in [2.05, 4.69) is 33.2 Å². The summed E-state index contributed by atoms with van der Waals surface area (Å²) in [7, 11) is 0. The summed E-state index contributed by atoms with van der Waals surface area (Å²) in [5, 5.41) is 3.50. The van der Waals surface area contributed by atoms with E-state index in [1.54, 1.807) is 12.4 Å². The number of pyridine rings is 1. The van der Waals surface area contributed by atoms with Gasteiger partial charge in [-0.15, -0.1) is 0 Å². The molecule has 1 aromatic heterocycles. The molecule has 1 aromatic rings. The molecule has 5 heteroatoms. The van der Waals surface area contributed by atoms with Crippen molar-refractivity contribution in [2.24, 2.45) is 0 Å². The minimum atomic E-state index is 0.0518. The lowest BCUT2D eigenvalue weighted by atomic mass is 9.92. The average Bonchev–Trinajstić information content (AvgIpc) is 2.25. The molecule has 1 saturated heterocycles. The molecule has 0 atom stereocenters. The van der Waals surface area contributed by atoms with Gasteiger partial charge in [-0.2, -0.15) is 0 Å². The van der Waals surface area contributed by atoms with Gasteiger partial charge in [-0.05, 0) is 35.7 Å². The number of aromatic nitrogens is 1. The Balaban J connectivity index is 2.19. The van der Waals surface area contributed by atoms with Crippen LogP contribution in [0.2, 0.25) is 0 Å². The first-order valence-corrected chi connectivity index (χ1v) is 6.15. The van der Waals surface area contributed by atoms with Gasteiger partial charge in [-0.1, -0.05) is 0 Å². The van der Waals surface area contributed by atoms with Gasteiger partial charge in [0.1, 0.15) is 0 Å². The van der Waals surface area contributed by atoms with Crippen LogP contribution in [0.1, 0.15) is 19.8 Å². The monoisotopic (exact) mass is 285 g/mol. The maximum atomic E-state index is 5.91. The second-order valence-corrected chi connectivity index (χ2v) is 5.24. The summed E-state index contributed by atoms with van der Waals surface area (Å²) >= 11 is 3.46. The number of nitrogens with one attached hydrogen (secondary N) is 1. The van der Waals surface area contributed by atoms with Crippen LogP contribution >= 0.6 is 15.9 Å². The first-order valence-electron chi connectivity index (χ1n) is 5.36. The van der Waals surface area contributed by atoms with Gasteiger partial charge in [0.15, 0.2) is 0 Å². The van der Waals surface area contributed by atoms with Gasteiger partial charge in [0.05, 0.1) is 22.0 Å². The van der Waals surface area contributed by atoms with Gasteiger partial charge >= 0.3 is 0 Å². The molecule has 4 nitrogen and oxygen atoms in total. The third kappa shape index (κ3) is 2.47. The molecule has 0 aliphatic carbocycles. The van der Waals surface area contributed by atoms with Crippen LogP contribution in [0.15, 0.2) is 16.9 Å². The van der Waals surface area contributed by atoms with Gasteiger partial charge in [0.25, 0.3) is 0 Å². The number of hydrogen-bond acceptors (Lipinski definition) is 4. The molecule has 0 saturated carbocycles. The molecule has 1 aliphatic rings. The Morgan fingerprint density at radius 3 is 2.75 bits per heavy atom. The van der Waals surface area contributed by atoms with Crippen molar-refractivity contribution in [3.8, 4) is 0 Å². The van der Waals surface area contributed by atoms with Crippen LogP contribution in [0.5, 0.6) is 0 Å². The molecule has 1 aliphatic heterocycles. The molecule has 16 heavy (non-hydrogen) atoms. The predicted molar refractivity (Wildman–Crippen MR) is 68.4 cm³/mol. The van der Waals surface area contributed by atoms with Crippen molar-refractivity contribution in [3.63, 3.8) is 0 Å². The predicted octanol–water partition coefficient (Wildman–Crippen LogP) is 2.41. The summed E-state index contributed by atoms with van der Waals surface area (Å²) < 4.78 is 6.27. The van der Waals surface area contributed by atoms with Gasteiger partial charge in [-0.3, -0.25) is 4.98 Å². The second kappa shape index (κ2) is 4.59. The number of ether oxygens (including phenoxy) is 1. The SMILES string of the molecule is CC1(Nc2c(N)cncc2Br)CCOCC1. The van der Waals surface area contributed by atoms with Crippen LogP contribution < -0.4 is 11.1 Å². The van der Waals surface area contributed by atoms with Gasteiger partial charge < -0.3 is 15.8 Å². The van der Waals surface area contributed by atoms with Crippen LogP contribution in [0.25, 0.3) is 0 Å². The molecule has 0 unspecified atom stereocenters. The fourth-order valence-corrected chi connectivity index (χ4v) is 2.28. The Hall–Kier alpha value is -0.810. The number of nitrogen functional groups attached to an aromatic ring is 1. The van der Waals surface area contributed by atoms with Crippen LogP contribution in [0.4, 0.5) is 11.4 Å². The number of nitrogens with two attached hydrogens (primary N) is 1. The van der Waals surface area contributed by atoms with Crippen molar-refractivity contribution in [3.05, 3.63) is 16.9 Å². The first-order chi connectivity index (χ1) is 7.61. The molecular weight excluding hydrogens is 270 g/mol. The third-order valence-electron chi connectivity index (χ3n) is 2.95. The molecule has 3 N–H and O–H groups in total. The van der Waals surface area contributed by atoms with Gasteiger partial charge in [0.2, 0.25) is 0 Å². The maximum Gasteiger partial charge on any atom is 0.0754 e. The largest absolute Gasteiger partial charge is 0.396 e. The molecule has 0 radical (unpaired) electrons. The van der Waals surface area contributed by atoms with Crippen LogP contribution in [0, 0.1) is 0 Å². The van der Waals surface area contributed by atoms with E-state index in [1.807, 2.05) is 0 Å². The van der Waals surface area contributed by atoms with E-state index >= 15 is 0 Å². The van der Waals surface area contributed by atoms with E-state index in [4.69, 9.17) is 10.5 Å². The normalized spacial score (nSPS) is 19.4. The Morgan fingerprint density at radius 2 is 2.12 bits per heavy atom. The number of rotatable bonds is 2. The molecule has 2 rings (SSSR count). The molecule has 2 heterocycles. The summed E-state index contributed by atoms with van der Waals surface area (Å²) in [5.74, 6) is 0. The maximum absolute atomic E-state index is 5.91. The first kappa shape index (κ1) is 11.7. The zero-order valence-electron chi connectivity index (χ0n) is 9.29. The zero-order valence-corrected chi connectivity index (χ0v) is 10.9. The highest BCUT2D eigenvalue weighted by Gasteiger charge is 2.28. The molecule has 0 amide bonds. The number of hydrogen-bond donors (Lipinski definition) is 2. The van der Waals surface area contributed by atoms with Crippen molar-refractivity contribution >= 4 is 27.3 Å². The smallest absolute Gasteiger partial charge is 0.0754 e. The highest BCUT2D eigenvalue weighted by Crippen LogP contribution is 2.33. The van der Waals surface area contributed by atoms with Crippen molar-refractivity contribution < 1.29 is 4.74 Å². The third-order valence-corrected chi connectivity index (χ3v) is 3.55. The summed E-state index contributed by atoms with van der Waals surface area (Å²) in [5.41, 5.74) is 7.56. The number of halogens is 1. The lowest BCUT2D eigenvalue weighted by Gasteiger charge is -2.36. The molecule has 0 aromatic carbocycles. The number of anilines is 2. The quantitative estimate of drug-likeness (QED) is 0.876. The van der Waals surface area contributed by atoms with E-state index in [0.717, 1.165) is 36.2 Å².